The van der Waals surface area contributed by atoms with Crippen LogP contribution in [-0.4, -0.2) is 61.0 Å². The minimum absolute atomic E-state index is 0.266. The van der Waals surface area contributed by atoms with E-state index in [1.54, 1.807) is 0 Å². The maximum absolute atomic E-state index is 12.5. The molecule has 0 aromatic heterocycles. The Bertz CT molecular complexity index is 481. The molecular formula is C20H34N2O3. The van der Waals surface area contributed by atoms with Gasteiger partial charge in [-0.1, -0.05) is 20.3 Å². The van der Waals surface area contributed by atoms with Crippen molar-refractivity contribution < 1.29 is 14.3 Å². The van der Waals surface area contributed by atoms with Gasteiger partial charge in [0, 0.05) is 39.0 Å². The van der Waals surface area contributed by atoms with Crippen LogP contribution in [0.4, 0.5) is 0 Å². The van der Waals surface area contributed by atoms with Gasteiger partial charge in [0.05, 0.1) is 13.2 Å². The fourth-order valence-corrected chi connectivity index (χ4v) is 4.66. The van der Waals surface area contributed by atoms with Gasteiger partial charge in [-0.25, -0.2) is 0 Å². The summed E-state index contributed by atoms with van der Waals surface area (Å²) in [5.74, 6) is 1.67. The predicted octanol–water partition coefficient (Wildman–Crippen LogP) is 2.69. The zero-order valence-electron chi connectivity index (χ0n) is 16.0. The molecule has 0 aromatic carbocycles. The van der Waals surface area contributed by atoms with E-state index >= 15 is 0 Å². The number of carbonyl (C=O) groups is 2. The Morgan fingerprint density at radius 1 is 1.08 bits per heavy atom. The Balaban J connectivity index is 1.51. The van der Waals surface area contributed by atoms with Crippen molar-refractivity contribution in [1.29, 1.82) is 0 Å². The van der Waals surface area contributed by atoms with Gasteiger partial charge in [0.2, 0.25) is 11.8 Å². The summed E-state index contributed by atoms with van der Waals surface area (Å²) in [6.07, 6.45) is 6.96. The van der Waals surface area contributed by atoms with Gasteiger partial charge in [-0.2, -0.15) is 0 Å². The quantitative estimate of drug-likeness (QED) is 0.740. The zero-order chi connectivity index (χ0) is 17.9. The van der Waals surface area contributed by atoms with E-state index in [0.29, 0.717) is 49.2 Å². The molecule has 2 aliphatic heterocycles. The number of carbonyl (C=O) groups excluding carboxylic acids is 2. The minimum atomic E-state index is 0.266. The lowest BCUT2D eigenvalue weighted by atomic mass is 9.62. The first-order valence-corrected chi connectivity index (χ1v) is 10.1. The van der Waals surface area contributed by atoms with Crippen LogP contribution in [0.2, 0.25) is 0 Å². The van der Waals surface area contributed by atoms with Crippen LogP contribution < -0.4 is 0 Å². The number of ether oxygens (including phenoxy) is 1. The standard InChI is InChI=1S/C20H34N2O3/c1-16(2)4-6-19(24)22-14-17(20(15-22)8-3-9-20)5-7-18(23)21-10-12-25-13-11-21/h16-17H,3-15H2,1-2H3. The summed E-state index contributed by atoms with van der Waals surface area (Å²) in [7, 11) is 0. The first-order valence-electron chi connectivity index (χ1n) is 10.1. The Morgan fingerprint density at radius 2 is 1.76 bits per heavy atom. The van der Waals surface area contributed by atoms with Crippen molar-refractivity contribution in [2.45, 2.75) is 58.8 Å². The van der Waals surface area contributed by atoms with Crippen LogP contribution >= 0.6 is 0 Å². The molecule has 0 bridgehead atoms. The summed E-state index contributed by atoms with van der Waals surface area (Å²) in [6, 6.07) is 0. The first kappa shape index (κ1) is 18.7. The molecule has 1 spiro atoms. The van der Waals surface area contributed by atoms with Gasteiger partial charge >= 0.3 is 0 Å². The van der Waals surface area contributed by atoms with Crippen LogP contribution in [0.3, 0.4) is 0 Å². The van der Waals surface area contributed by atoms with E-state index in [0.717, 1.165) is 39.0 Å². The molecule has 0 N–H and O–H groups in total. The molecule has 0 radical (unpaired) electrons. The molecule has 2 saturated heterocycles. The highest BCUT2D eigenvalue weighted by atomic mass is 16.5. The molecule has 25 heavy (non-hydrogen) atoms. The molecule has 3 aliphatic rings. The maximum Gasteiger partial charge on any atom is 0.222 e. The van der Waals surface area contributed by atoms with E-state index in [9.17, 15) is 9.59 Å². The van der Waals surface area contributed by atoms with Crippen LogP contribution in [0.1, 0.15) is 58.8 Å². The number of hydrogen-bond donors (Lipinski definition) is 0. The monoisotopic (exact) mass is 350 g/mol. The highest BCUT2D eigenvalue weighted by Crippen LogP contribution is 2.53. The zero-order valence-corrected chi connectivity index (χ0v) is 16.0. The predicted molar refractivity (Wildman–Crippen MR) is 97.1 cm³/mol. The van der Waals surface area contributed by atoms with Gasteiger partial charge in [-0.05, 0) is 42.9 Å². The fraction of sp³-hybridized carbons (Fsp3) is 0.900. The van der Waals surface area contributed by atoms with Gasteiger partial charge in [0.15, 0.2) is 0 Å². The van der Waals surface area contributed by atoms with E-state index < -0.39 is 0 Å². The smallest absolute Gasteiger partial charge is 0.222 e. The summed E-state index contributed by atoms with van der Waals surface area (Å²) in [5.41, 5.74) is 0.318. The average molecular weight is 351 g/mol. The third kappa shape index (κ3) is 4.36. The maximum atomic E-state index is 12.5. The molecule has 3 rings (SSSR count). The van der Waals surface area contributed by atoms with Crippen molar-refractivity contribution in [2.24, 2.45) is 17.3 Å². The van der Waals surface area contributed by atoms with Crippen molar-refractivity contribution in [3.05, 3.63) is 0 Å². The second kappa shape index (κ2) is 8.07. The lowest BCUT2D eigenvalue weighted by Gasteiger charge is -2.43. The summed E-state index contributed by atoms with van der Waals surface area (Å²) in [5, 5.41) is 0. The van der Waals surface area contributed by atoms with Gasteiger partial charge in [0.1, 0.15) is 0 Å². The number of nitrogens with zero attached hydrogens (tertiary/aromatic N) is 2. The summed E-state index contributed by atoms with van der Waals surface area (Å²) < 4.78 is 5.33. The van der Waals surface area contributed by atoms with E-state index in [1.807, 2.05) is 4.90 Å². The topological polar surface area (TPSA) is 49.9 Å². The van der Waals surface area contributed by atoms with Gasteiger partial charge in [-0.15, -0.1) is 0 Å². The van der Waals surface area contributed by atoms with Crippen molar-refractivity contribution in [3.63, 3.8) is 0 Å². The molecule has 0 aromatic rings. The first-order chi connectivity index (χ1) is 12.0. The number of rotatable bonds is 6. The lowest BCUT2D eigenvalue weighted by Crippen LogP contribution is -2.42. The Morgan fingerprint density at radius 3 is 2.36 bits per heavy atom. The summed E-state index contributed by atoms with van der Waals surface area (Å²) >= 11 is 0. The molecule has 2 heterocycles. The number of amides is 2. The Hall–Kier alpha value is -1.10. The van der Waals surface area contributed by atoms with Gasteiger partial charge in [0.25, 0.3) is 0 Å². The van der Waals surface area contributed by atoms with Crippen molar-refractivity contribution in [2.75, 3.05) is 39.4 Å². The van der Waals surface area contributed by atoms with Crippen LogP contribution in [0.25, 0.3) is 0 Å². The third-order valence-electron chi connectivity index (χ3n) is 6.52. The van der Waals surface area contributed by atoms with Gasteiger partial charge in [-0.3, -0.25) is 9.59 Å². The third-order valence-corrected chi connectivity index (χ3v) is 6.52. The summed E-state index contributed by atoms with van der Waals surface area (Å²) in [6.45, 7) is 8.93. The van der Waals surface area contributed by atoms with Gasteiger partial charge < -0.3 is 14.5 Å². The van der Waals surface area contributed by atoms with Crippen LogP contribution in [-0.2, 0) is 14.3 Å². The molecule has 5 nitrogen and oxygen atoms in total. The molecular weight excluding hydrogens is 316 g/mol. The molecule has 5 heteroatoms. The molecule has 1 atom stereocenters. The number of likely N-dealkylation sites (tertiary alicyclic amines) is 1. The molecule has 2 amide bonds. The second-order valence-electron chi connectivity index (χ2n) is 8.65. The molecule has 1 saturated carbocycles. The normalized spacial score (nSPS) is 25.5. The number of morpholine rings is 1. The van der Waals surface area contributed by atoms with Crippen molar-refractivity contribution >= 4 is 11.8 Å². The minimum Gasteiger partial charge on any atom is -0.378 e. The molecule has 142 valence electrons. The van der Waals surface area contributed by atoms with E-state index in [1.165, 1.54) is 19.3 Å². The SMILES string of the molecule is CC(C)CCC(=O)N1CC(CCC(=O)N2CCOCC2)C2(CCC2)C1. The molecule has 1 unspecified atom stereocenters. The molecule has 3 fully saturated rings. The Labute approximate surface area is 152 Å². The second-order valence-corrected chi connectivity index (χ2v) is 8.65. The summed E-state index contributed by atoms with van der Waals surface area (Å²) in [4.78, 5) is 29.0. The van der Waals surface area contributed by atoms with E-state index in [4.69, 9.17) is 4.74 Å². The fourth-order valence-electron chi connectivity index (χ4n) is 4.66. The van der Waals surface area contributed by atoms with Crippen LogP contribution in [0.5, 0.6) is 0 Å². The number of hydrogen-bond acceptors (Lipinski definition) is 3. The highest BCUT2D eigenvalue weighted by molar-refractivity contribution is 5.77. The van der Waals surface area contributed by atoms with Crippen LogP contribution in [0, 0.1) is 17.3 Å². The van der Waals surface area contributed by atoms with E-state index in [2.05, 4.69) is 18.7 Å². The van der Waals surface area contributed by atoms with Crippen LogP contribution in [0.15, 0.2) is 0 Å². The largest absolute Gasteiger partial charge is 0.378 e. The van der Waals surface area contributed by atoms with Crippen molar-refractivity contribution in [3.8, 4) is 0 Å². The lowest BCUT2D eigenvalue weighted by molar-refractivity contribution is -0.135. The average Bonchev–Trinajstić information content (AvgIpc) is 2.98. The molecule has 1 aliphatic carbocycles. The Kier molecular flexibility index (Phi) is 6.03. The van der Waals surface area contributed by atoms with Crippen molar-refractivity contribution in [1.82, 2.24) is 9.80 Å². The highest BCUT2D eigenvalue weighted by Gasteiger charge is 2.50. The van der Waals surface area contributed by atoms with E-state index in [-0.39, 0.29) is 5.91 Å².